The number of oxazole rings is 1. The first kappa shape index (κ1) is 18.6. The van der Waals surface area contributed by atoms with Gasteiger partial charge >= 0.3 is 0 Å². The lowest BCUT2D eigenvalue weighted by Gasteiger charge is -2.08. The highest BCUT2D eigenvalue weighted by Gasteiger charge is 2.14. The zero-order valence-corrected chi connectivity index (χ0v) is 16.4. The number of amides is 1. The number of nitrogens with one attached hydrogen (secondary N) is 1. The summed E-state index contributed by atoms with van der Waals surface area (Å²) < 4.78 is 5.75. The van der Waals surface area contributed by atoms with Gasteiger partial charge in [0.1, 0.15) is 11.3 Å². The Hall–Kier alpha value is -4.38. The van der Waals surface area contributed by atoms with E-state index in [2.05, 4.69) is 10.3 Å². The summed E-state index contributed by atoms with van der Waals surface area (Å²) in [6.07, 6.45) is 0. The Morgan fingerprint density at radius 2 is 1.52 bits per heavy atom. The molecule has 0 bridgehead atoms. The topological polar surface area (TPSA) is 75.4 Å². The second-order valence-corrected chi connectivity index (χ2v) is 7.12. The number of rotatable bonds is 4. The molecule has 0 saturated carbocycles. The quantitative estimate of drug-likeness (QED) is 0.353. The van der Waals surface area contributed by atoms with E-state index in [0.717, 1.165) is 11.1 Å². The van der Waals surface area contributed by atoms with Crippen LogP contribution in [0, 0.1) is 0 Å². The third kappa shape index (κ3) is 3.76. The lowest BCUT2D eigenvalue weighted by molar-refractivity contribution is 0.102. The van der Waals surface area contributed by atoms with E-state index in [1.54, 1.807) is 24.3 Å². The van der Waals surface area contributed by atoms with Gasteiger partial charge in [0.2, 0.25) is 5.89 Å². The van der Waals surface area contributed by atoms with E-state index in [1.807, 2.05) is 66.7 Å². The van der Waals surface area contributed by atoms with Crippen LogP contribution in [0.5, 0.6) is 5.75 Å². The number of hydrogen-bond acceptors (Lipinski definition) is 4. The number of carbonyl (C=O) groups is 1. The van der Waals surface area contributed by atoms with Crippen LogP contribution in [0.3, 0.4) is 0 Å². The molecule has 0 unspecified atom stereocenters. The highest BCUT2D eigenvalue weighted by Crippen LogP contribution is 2.33. The van der Waals surface area contributed by atoms with Crippen molar-refractivity contribution in [2.24, 2.45) is 0 Å². The number of fused-ring (bicyclic) bond motifs is 1. The van der Waals surface area contributed by atoms with Crippen molar-refractivity contribution in [3.8, 4) is 28.3 Å². The molecular weight excluding hydrogens is 388 g/mol. The van der Waals surface area contributed by atoms with Crippen LogP contribution in [0.25, 0.3) is 33.7 Å². The van der Waals surface area contributed by atoms with Gasteiger partial charge in [-0.15, -0.1) is 0 Å². The van der Waals surface area contributed by atoms with Crippen LogP contribution >= 0.6 is 0 Å². The molecule has 0 saturated heterocycles. The third-order valence-electron chi connectivity index (χ3n) is 5.03. The van der Waals surface area contributed by atoms with Crippen LogP contribution in [0.1, 0.15) is 10.4 Å². The fourth-order valence-electron chi connectivity index (χ4n) is 3.42. The number of phenols is 1. The molecule has 0 radical (unpaired) electrons. The van der Waals surface area contributed by atoms with Gasteiger partial charge in [-0.25, -0.2) is 4.98 Å². The van der Waals surface area contributed by atoms with Crippen molar-refractivity contribution in [2.75, 3.05) is 5.32 Å². The van der Waals surface area contributed by atoms with Gasteiger partial charge in [-0.3, -0.25) is 4.79 Å². The number of aromatic nitrogens is 1. The average molecular weight is 406 g/mol. The summed E-state index contributed by atoms with van der Waals surface area (Å²) in [6, 6.07) is 29.6. The zero-order chi connectivity index (χ0) is 21.2. The number of hydrogen-bond donors (Lipinski definition) is 2. The number of aromatic hydroxyl groups is 1. The minimum Gasteiger partial charge on any atom is -0.507 e. The van der Waals surface area contributed by atoms with E-state index >= 15 is 0 Å². The summed E-state index contributed by atoms with van der Waals surface area (Å²) in [5.41, 5.74) is 4.95. The van der Waals surface area contributed by atoms with Crippen molar-refractivity contribution >= 4 is 22.7 Å². The molecule has 5 heteroatoms. The summed E-state index contributed by atoms with van der Waals surface area (Å²) in [6.45, 7) is 0. The molecule has 0 atom stereocenters. The van der Waals surface area contributed by atoms with Crippen molar-refractivity contribution in [2.45, 2.75) is 0 Å². The number of anilines is 1. The molecule has 0 aliphatic heterocycles. The maximum Gasteiger partial charge on any atom is 0.255 e. The highest BCUT2D eigenvalue weighted by molar-refractivity contribution is 6.04. The molecule has 5 rings (SSSR count). The monoisotopic (exact) mass is 406 g/mol. The summed E-state index contributed by atoms with van der Waals surface area (Å²) in [5.74, 6) is 0.0765. The Morgan fingerprint density at radius 1 is 0.806 bits per heavy atom. The third-order valence-corrected chi connectivity index (χ3v) is 5.03. The van der Waals surface area contributed by atoms with Gasteiger partial charge in [0.15, 0.2) is 5.58 Å². The van der Waals surface area contributed by atoms with Crippen LogP contribution in [-0.2, 0) is 0 Å². The molecule has 1 amide bonds. The van der Waals surface area contributed by atoms with Gasteiger partial charge in [0, 0.05) is 11.3 Å². The Morgan fingerprint density at radius 3 is 2.29 bits per heavy atom. The van der Waals surface area contributed by atoms with Gasteiger partial charge in [-0.05, 0) is 53.6 Å². The van der Waals surface area contributed by atoms with Gasteiger partial charge < -0.3 is 14.8 Å². The number of benzene rings is 4. The van der Waals surface area contributed by atoms with Crippen molar-refractivity contribution in [1.29, 1.82) is 0 Å². The Balaban J connectivity index is 1.38. The Kier molecular flexibility index (Phi) is 4.69. The van der Waals surface area contributed by atoms with Crippen LogP contribution in [0.4, 0.5) is 5.69 Å². The molecule has 0 fully saturated rings. The number of para-hydroxylation sites is 2. The van der Waals surface area contributed by atoms with E-state index in [1.165, 1.54) is 6.07 Å². The SMILES string of the molecule is O=C(Nc1ccc(O)c(-c2nc3ccccc3o2)c1)c1ccc(-c2ccccc2)cc1. The number of nitrogens with zero attached hydrogens (tertiary/aromatic N) is 1. The minimum atomic E-state index is -0.242. The van der Waals surface area contributed by atoms with Crippen LogP contribution < -0.4 is 5.32 Å². The van der Waals surface area contributed by atoms with E-state index < -0.39 is 0 Å². The lowest BCUT2D eigenvalue weighted by Crippen LogP contribution is -2.11. The maximum absolute atomic E-state index is 12.7. The Bertz CT molecular complexity index is 1340. The smallest absolute Gasteiger partial charge is 0.255 e. The van der Waals surface area contributed by atoms with Gasteiger partial charge in [-0.2, -0.15) is 0 Å². The summed E-state index contributed by atoms with van der Waals surface area (Å²) in [4.78, 5) is 17.1. The van der Waals surface area contributed by atoms with E-state index in [0.29, 0.717) is 33.8 Å². The van der Waals surface area contributed by atoms with Crippen molar-refractivity contribution in [3.63, 3.8) is 0 Å². The molecule has 4 aromatic carbocycles. The first-order valence-corrected chi connectivity index (χ1v) is 9.83. The van der Waals surface area contributed by atoms with Crippen molar-refractivity contribution in [3.05, 3.63) is 103 Å². The molecule has 5 aromatic rings. The molecule has 5 nitrogen and oxygen atoms in total. The van der Waals surface area contributed by atoms with Gasteiger partial charge in [0.05, 0.1) is 5.56 Å². The molecule has 31 heavy (non-hydrogen) atoms. The Labute approximate surface area is 178 Å². The summed E-state index contributed by atoms with van der Waals surface area (Å²) >= 11 is 0. The van der Waals surface area contributed by atoms with Gasteiger partial charge in [0.25, 0.3) is 5.91 Å². The molecule has 0 spiro atoms. The first-order valence-electron chi connectivity index (χ1n) is 9.83. The van der Waals surface area contributed by atoms with Crippen molar-refractivity contribution in [1.82, 2.24) is 4.98 Å². The van der Waals surface area contributed by atoms with Crippen LogP contribution in [-0.4, -0.2) is 16.0 Å². The summed E-state index contributed by atoms with van der Waals surface area (Å²) in [5, 5.41) is 13.2. The van der Waals surface area contributed by atoms with E-state index in [4.69, 9.17) is 4.42 Å². The molecule has 0 aliphatic rings. The predicted molar refractivity (Wildman–Crippen MR) is 121 cm³/mol. The summed E-state index contributed by atoms with van der Waals surface area (Å²) in [7, 11) is 0. The van der Waals surface area contributed by atoms with Gasteiger partial charge in [-0.1, -0.05) is 54.6 Å². The largest absolute Gasteiger partial charge is 0.507 e. The zero-order valence-electron chi connectivity index (χ0n) is 16.4. The maximum atomic E-state index is 12.7. The average Bonchev–Trinajstić information content (AvgIpc) is 3.25. The molecule has 1 aromatic heterocycles. The predicted octanol–water partition coefficient (Wildman–Crippen LogP) is 6.12. The first-order chi connectivity index (χ1) is 15.2. The highest BCUT2D eigenvalue weighted by atomic mass is 16.3. The standard InChI is InChI=1S/C26H18N2O3/c29-23-15-14-20(16-21(23)26-28-22-8-4-5-9-24(22)31-26)27-25(30)19-12-10-18(11-13-19)17-6-2-1-3-7-17/h1-16,29H,(H,27,30). The van der Waals surface area contributed by atoms with Crippen LogP contribution in [0.2, 0.25) is 0 Å². The van der Waals surface area contributed by atoms with Crippen molar-refractivity contribution < 1.29 is 14.3 Å². The normalized spacial score (nSPS) is 10.8. The molecule has 150 valence electrons. The molecule has 0 aliphatic carbocycles. The molecule has 1 heterocycles. The molecule has 2 N–H and O–H groups in total. The van der Waals surface area contributed by atoms with E-state index in [-0.39, 0.29) is 11.7 Å². The second-order valence-electron chi connectivity index (χ2n) is 7.12. The fourth-order valence-corrected chi connectivity index (χ4v) is 3.42. The second kappa shape index (κ2) is 7.80. The number of carbonyl (C=O) groups excluding carboxylic acids is 1. The fraction of sp³-hybridized carbons (Fsp3) is 0. The molecular formula is C26H18N2O3. The number of phenolic OH excluding ortho intramolecular Hbond substituents is 1. The van der Waals surface area contributed by atoms with E-state index in [9.17, 15) is 9.90 Å². The lowest BCUT2D eigenvalue weighted by atomic mass is 10.0. The minimum absolute atomic E-state index is 0.0248. The van der Waals surface area contributed by atoms with Crippen LogP contribution in [0.15, 0.2) is 101 Å².